The van der Waals surface area contributed by atoms with Crippen molar-refractivity contribution in [3.63, 3.8) is 0 Å². The first-order valence-electron chi connectivity index (χ1n) is 10.2. The Bertz CT molecular complexity index is 1270. The summed E-state index contributed by atoms with van der Waals surface area (Å²) in [7, 11) is 4.04. The predicted octanol–water partition coefficient (Wildman–Crippen LogP) is 4.17. The lowest BCUT2D eigenvalue weighted by atomic mass is 10.1. The van der Waals surface area contributed by atoms with Gasteiger partial charge in [-0.25, -0.2) is 4.79 Å². The lowest BCUT2D eigenvalue weighted by molar-refractivity contribution is 0.102. The molecule has 160 valence electrons. The van der Waals surface area contributed by atoms with Gasteiger partial charge in [0, 0.05) is 28.4 Å². The number of hydrogen-bond acceptors (Lipinski definition) is 5. The van der Waals surface area contributed by atoms with Crippen LogP contribution in [0.1, 0.15) is 22.5 Å². The number of benzene rings is 2. The third kappa shape index (κ3) is 4.46. The first kappa shape index (κ1) is 20.7. The number of nitrogens with one attached hydrogen (secondary N) is 2. The molecule has 31 heavy (non-hydrogen) atoms. The van der Waals surface area contributed by atoms with Gasteiger partial charge in [-0.1, -0.05) is 18.2 Å². The first-order chi connectivity index (χ1) is 14.9. The molecule has 4 rings (SSSR count). The Kier molecular flexibility index (Phi) is 5.77. The third-order valence-electron chi connectivity index (χ3n) is 5.13. The molecule has 7 heteroatoms. The Morgan fingerprint density at radius 2 is 1.94 bits per heavy atom. The number of para-hydroxylation sites is 1. The van der Waals surface area contributed by atoms with Crippen molar-refractivity contribution in [2.24, 2.45) is 0 Å². The van der Waals surface area contributed by atoms with Crippen LogP contribution in [0, 0.1) is 6.92 Å². The summed E-state index contributed by atoms with van der Waals surface area (Å²) in [6.45, 7) is 3.36. The van der Waals surface area contributed by atoms with E-state index >= 15 is 0 Å². The van der Waals surface area contributed by atoms with Crippen LogP contribution in [0.4, 0.5) is 5.69 Å². The van der Waals surface area contributed by atoms with Gasteiger partial charge in [0.25, 0.3) is 5.91 Å². The summed E-state index contributed by atoms with van der Waals surface area (Å²) < 4.78 is 11.4. The molecule has 2 aromatic heterocycles. The average molecular weight is 419 g/mol. The molecule has 0 aliphatic carbocycles. The van der Waals surface area contributed by atoms with E-state index in [1.54, 1.807) is 12.1 Å². The molecule has 4 aromatic rings. The number of aryl methyl sites for hydroxylation is 1. The van der Waals surface area contributed by atoms with Crippen LogP contribution >= 0.6 is 0 Å². The highest BCUT2D eigenvalue weighted by Gasteiger charge is 2.15. The quantitative estimate of drug-likeness (QED) is 0.347. The summed E-state index contributed by atoms with van der Waals surface area (Å²) in [5.74, 6) is 0.282. The molecule has 0 aliphatic rings. The fourth-order valence-corrected chi connectivity index (χ4v) is 3.50. The number of aromatic amines is 1. The number of nitrogens with zero attached hydrogens (tertiary/aromatic N) is 1. The lowest BCUT2D eigenvalue weighted by Gasteiger charge is -2.13. The summed E-state index contributed by atoms with van der Waals surface area (Å²) in [6, 6.07) is 14.7. The van der Waals surface area contributed by atoms with Crippen LogP contribution in [0.25, 0.3) is 21.9 Å². The lowest BCUT2D eigenvalue weighted by Crippen LogP contribution is -2.18. The minimum absolute atomic E-state index is 0.0928. The molecular formula is C24H25N3O4. The molecular weight excluding hydrogens is 394 g/mol. The minimum atomic E-state index is -0.607. The molecule has 0 saturated carbocycles. The summed E-state index contributed by atoms with van der Waals surface area (Å²) in [5, 5.41) is 4.29. The molecule has 0 unspecified atom stereocenters. The van der Waals surface area contributed by atoms with Gasteiger partial charge in [-0.05, 0) is 57.8 Å². The molecule has 1 amide bonds. The number of hydrogen-bond donors (Lipinski definition) is 2. The first-order valence-corrected chi connectivity index (χ1v) is 10.2. The number of amides is 1. The highest BCUT2D eigenvalue weighted by molar-refractivity contribution is 6.06. The standard InChI is InChI=1S/C24H25N3O4/c1-15-21(30-12-6-11-27(2)3)10-9-17-14-20(24(29)31-22(15)17)26-23(28)19-13-16-7-4-5-8-18(16)25-19/h4-5,7-10,13-14,25H,6,11-12H2,1-3H3,(H,26,28). The van der Waals surface area contributed by atoms with E-state index in [-0.39, 0.29) is 5.69 Å². The van der Waals surface area contributed by atoms with Gasteiger partial charge in [0.05, 0.1) is 6.61 Å². The highest BCUT2D eigenvalue weighted by atomic mass is 16.5. The Morgan fingerprint density at radius 1 is 1.13 bits per heavy atom. The number of carbonyl (C=O) groups is 1. The highest BCUT2D eigenvalue weighted by Crippen LogP contribution is 2.28. The van der Waals surface area contributed by atoms with Gasteiger partial charge in [0.2, 0.25) is 0 Å². The van der Waals surface area contributed by atoms with Crippen LogP contribution in [-0.4, -0.2) is 43.0 Å². The van der Waals surface area contributed by atoms with Crippen LogP contribution in [0.3, 0.4) is 0 Å². The summed E-state index contributed by atoms with van der Waals surface area (Å²) in [4.78, 5) is 30.3. The number of carbonyl (C=O) groups excluding carboxylic acids is 1. The van der Waals surface area contributed by atoms with E-state index < -0.39 is 11.5 Å². The summed E-state index contributed by atoms with van der Waals surface area (Å²) in [5.41, 5.74) is 1.93. The Hall–Kier alpha value is -3.58. The van der Waals surface area contributed by atoms with E-state index in [9.17, 15) is 9.59 Å². The van der Waals surface area contributed by atoms with Crippen LogP contribution in [0.2, 0.25) is 0 Å². The smallest absolute Gasteiger partial charge is 0.360 e. The van der Waals surface area contributed by atoms with Gasteiger partial charge >= 0.3 is 5.63 Å². The molecule has 2 aromatic carbocycles. The van der Waals surface area contributed by atoms with Crippen molar-refractivity contribution in [3.05, 3.63) is 70.2 Å². The van der Waals surface area contributed by atoms with Crippen molar-refractivity contribution in [1.82, 2.24) is 9.88 Å². The SMILES string of the molecule is Cc1c(OCCCN(C)C)ccc2cc(NC(=O)c3cc4ccccc4[nH]3)c(=O)oc12. The molecule has 0 radical (unpaired) electrons. The Labute approximate surface area is 179 Å². The monoisotopic (exact) mass is 419 g/mol. The van der Waals surface area contributed by atoms with Gasteiger partial charge in [-0.2, -0.15) is 0 Å². The van der Waals surface area contributed by atoms with E-state index in [2.05, 4.69) is 15.2 Å². The van der Waals surface area contributed by atoms with Gasteiger partial charge in [0.1, 0.15) is 22.7 Å². The van der Waals surface area contributed by atoms with E-state index in [0.717, 1.165) is 29.4 Å². The summed E-state index contributed by atoms with van der Waals surface area (Å²) in [6.07, 6.45) is 0.896. The number of aromatic nitrogens is 1. The number of fused-ring (bicyclic) bond motifs is 2. The van der Waals surface area contributed by atoms with Crippen molar-refractivity contribution in [2.75, 3.05) is 32.6 Å². The minimum Gasteiger partial charge on any atom is -0.493 e. The zero-order valence-corrected chi connectivity index (χ0v) is 17.8. The van der Waals surface area contributed by atoms with E-state index in [1.807, 2.05) is 57.4 Å². The molecule has 0 bridgehead atoms. The van der Waals surface area contributed by atoms with Crippen molar-refractivity contribution in [3.8, 4) is 5.75 Å². The van der Waals surface area contributed by atoms with Gasteiger partial charge < -0.3 is 24.4 Å². The molecule has 0 saturated heterocycles. The summed E-state index contributed by atoms with van der Waals surface area (Å²) >= 11 is 0. The largest absolute Gasteiger partial charge is 0.493 e. The van der Waals surface area contributed by atoms with E-state index in [1.165, 1.54) is 0 Å². The number of H-pyrrole nitrogens is 1. The van der Waals surface area contributed by atoms with E-state index in [4.69, 9.17) is 9.15 Å². The van der Waals surface area contributed by atoms with Crippen LogP contribution in [-0.2, 0) is 0 Å². The number of ether oxygens (including phenoxy) is 1. The van der Waals surface area contributed by atoms with E-state index in [0.29, 0.717) is 29.0 Å². The van der Waals surface area contributed by atoms with Crippen molar-refractivity contribution in [1.29, 1.82) is 0 Å². The predicted molar refractivity (Wildman–Crippen MR) is 122 cm³/mol. The van der Waals surface area contributed by atoms with Gasteiger partial charge in [-0.15, -0.1) is 0 Å². The number of rotatable bonds is 7. The molecule has 7 nitrogen and oxygen atoms in total. The second-order valence-electron chi connectivity index (χ2n) is 7.78. The average Bonchev–Trinajstić information content (AvgIpc) is 3.18. The normalized spacial score (nSPS) is 11.4. The Morgan fingerprint density at radius 3 is 2.71 bits per heavy atom. The maximum atomic E-state index is 12.6. The van der Waals surface area contributed by atoms with Crippen LogP contribution in [0.15, 0.2) is 57.7 Å². The Balaban J connectivity index is 1.55. The van der Waals surface area contributed by atoms with Crippen LogP contribution in [0.5, 0.6) is 5.75 Å². The van der Waals surface area contributed by atoms with Crippen molar-refractivity contribution < 1.29 is 13.9 Å². The zero-order valence-electron chi connectivity index (χ0n) is 17.8. The van der Waals surface area contributed by atoms with Crippen molar-refractivity contribution >= 4 is 33.5 Å². The van der Waals surface area contributed by atoms with Crippen molar-refractivity contribution in [2.45, 2.75) is 13.3 Å². The van der Waals surface area contributed by atoms with Gasteiger partial charge in [-0.3, -0.25) is 4.79 Å². The zero-order chi connectivity index (χ0) is 22.0. The second kappa shape index (κ2) is 8.65. The maximum absolute atomic E-state index is 12.6. The fraction of sp³-hybridized carbons (Fsp3) is 0.250. The molecule has 0 fully saturated rings. The fourth-order valence-electron chi connectivity index (χ4n) is 3.50. The molecule has 0 spiro atoms. The molecule has 0 atom stereocenters. The van der Waals surface area contributed by atoms with Gasteiger partial charge in [0.15, 0.2) is 0 Å². The molecule has 2 N–H and O–H groups in total. The molecule has 0 aliphatic heterocycles. The second-order valence-corrected chi connectivity index (χ2v) is 7.78. The number of anilines is 1. The van der Waals surface area contributed by atoms with Crippen LogP contribution < -0.4 is 15.7 Å². The maximum Gasteiger partial charge on any atom is 0.360 e. The third-order valence-corrected chi connectivity index (χ3v) is 5.13. The molecule has 2 heterocycles. The topological polar surface area (TPSA) is 87.6 Å².